The third-order valence-electron chi connectivity index (χ3n) is 5.65. The van der Waals surface area contributed by atoms with E-state index < -0.39 is 0 Å². The molecule has 0 unspecified atom stereocenters. The second-order valence-corrected chi connectivity index (χ2v) is 11.6. The monoisotopic (exact) mass is 526 g/mol. The number of halogens is 1. The number of thiophene rings is 1. The molecule has 4 nitrogen and oxygen atoms in total. The number of aryl methyl sites for hydroxylation is 1. The van der Waals surface area contributed by atoms with Crippen molar-refractivity contribution in [2.75, 3.05) is 0 Å². The standard InChI is InChI=1S/C25H23BrN2O2S2/c1-15-4-10-18(11-5-15)28-23(29)21-19-12-25(2,3)30-13-20(19)32-22(21)27-24(28)31-14-16-6-8-17(26)9-7-16/h4-11H,12-14H2,1-3H3. The van der Waals surface area contributed by atoms with Gasteiger partial charge in [0.05, 0.1) is 23.3 Å². The minimum absolute atomic E-state index is 0.00681. The topological polar surface area (TPSA) is 44.1 Å². The Morgan fingerprint density at radius 3 is 2.59 bits per heavy atom. The van der Waals surface area contributed by atoms with Crippen molar-refractivity contribution in [3.63, 3.8) is 0 Å². The fourth-order valence-electron chi connectivity index (χ4n) is 3.92. The molecule has 32 heavy (non-hydrogen) atoms. The summed E-state index contributed by atoms with van der Waals surface area (Å²) in [5.74, 6) is 0.734. The Balaban J connectivity index is 1.66. The summed E-state index contributed by atoms with van der Waals surface area (Å²) in [7, 11) is 0. The van der Waals surface area contributed by atoms with Crippen LogP contribution in [0.3, 0.4) is 0 Å². The number of hydrogen-bond acceptors (Lipinski definition) is 5. The first-order valence-corrected chi connectivity index (χ1v) is 13.1. The van der Waals surface area contributed by atoms with Gasteiger partial charge in [-0.15, -0.1) is 11.3 Å². The maximum absolute atomic E-state index is 13.9. The number of rotatable bonds is 4. The molecule has 0 radical (unpaired) electrons. The fraction of sp³-hybridized carbons (Fsp3) is 0.280. The minimum Gasteiger partial charge on any atom is -0.370 e. The molecule has 0 spiro atoms. The van der Waals surface area contributed by atoms with Gasteiger partial charge in [0.2, 0.25) is 0 Å². The number of nitrogens with zero attached hydrogens (tertiary/aromatic N) is 2. The van der Waals surface area contributed by atoms with Gasteiger partial charge in [-0.25, -0.2) is 4.98 Å². The van der Waals surface area contributed by atoms with Gasteiger partial charge in [0, 0.05) is 21.5 Å². The fourth-order valence-corrected chi connectivity index (χ4v) is 6.30. The molecule has 0 atom stereocenters. The Kier molecular flexibility index (Phi) is 5.78. The Labute approximate surface area is 203 Å². The number of aromatic nitrogens is 2. The summed E-state index contributed by atoms with van der Waals surface area (Å²) in [4.78, 5) is 20.8. The maximum atomic E-state index is 13.9. The summed E-state index contributed by atoms with van der Waals surface area (Å²) in [6.07, 6.45) is 0.721. The zero-order chi connectivity index (χ0) is 22.5. The van der Waals surface area contributed by atoms with Crippen LogP contribution < -0.4 is 5.56 Å². The van der Waals surface area contributed by atoms with Gasteiger partial charge >= 0.3 is 0 Å². The van der Waals surface area contributed by atoms with E-state index in [9.17, 15) is 4.79 Å². The van der Waals surface area contributed by atoms with E-state index in [1.54, 1.807) is 27.7 Å². The minimum atomic E-state index is -0.281. The molecule has 1 aliphatic heterocycles. The highest BCUT2D eigenvalue weighted by Crippen LogP contribution is 2.38. The molecular formula is C25H23BrN2O2S2. The zero-order valence-corrected chi connectivity index (χ0v) is 21.4. The predicted octanol–water partition coefficient (Wildman–Crippen LogP) is 6.66. The molecule has 3 heterocycles. The molecule has 0 amide bonds. The Hall–Kier alpha value is -1.93. The smallest absolute Gasteiger partial charge is 0.267 e. The molecule has 0 saturated heterocycles. The number of hydrogen-bond donors (Lipinski definition) is 0. The van der Waals surface area contributed by atoms with Crippen LogP contribution in [0, 0.1) is 6.92 Å². The highest BCUT2D eigenvalue weighted by Gasteiger charge is 2.31. The van der Waals surface area contributed by atoms with Crippen LogP contribution in [0.5, 0.6) is 0 Å². The molecule has 7 heteroatoms. The molecule has 1 aliphatic rings. The third kappa shape index (κ3) is 4.19. The van der Waals surface area contributed by atoms with Crippen LogP contribution in [0.15, 0.2) is 63.0 Å². The van der Waals surface area contributed by atoms with E-state index in [0.29, 0.717) is 11.8 Å². The maximum Gasteiger partial charge on any atom is 0.267 e. The molecule has 0 fully saturated rings. The van der Waals surface area contributed by atoms with Crippen LogP contribution in [0.1, 0.15) is 35.4 Å². The van der Waals surface area contributed by atoms with Crippen molar-refractivity contribution in [3.8, 4) is 5.69 Å². The lowest BCUT2D eigenvalue weighted by molar-refractivity contribution is -0.0379. The van der Waals surface area contributed by atoms with Crippen LogP contribution in [0.4, 0.5) is 0 Å². The zero-order valence-electron chi connectivity index (χ0n) is 18.1. The lowest BCUT2D eigenvalue weighted by Crippen LogP contribution is -2.32. The van der Waals surface area contributed by atoms with Gasteiger partial charge in [-0.05, 0) is 56.2 Å². The first-order chi connectivity index (χ1) is 15.3. The lowest BCUT2D eigenvalue weighted by atomic mass is 9.94. The number of benzene rings is 2. The van der Waals surface area contributed by atoms with Crippen LogP contribution >= 0.6 is 39.0 Å². The Morgan fingerprint density at radius 2 is 1.88 bits per heavy atom. The second-order valence-electron chi connectivity index (χ2n) is 8.69. The predicted molar refractivity (Wildman–Crippen MR) is 136 cm³/mol. The SMILES string of the molecule is Cc1ccc(-n2c(SCc3ccc(Br)cc3)nc3sc4c(c3c2=O)CC(C)(C)OC4)cc1. The van der Waals surface area contributed by atoms with Crippen molar-refractivity contribution in [2.24, 2.45) is 0 Å². The number of ether oxygens (including phenoxy) is 1. The summed E-state index contributed by atoms with van der Waals surface area (Å²) >= 11 is 6.67. The van der Waals surface area contributed by atoms with Crippen molar-refractivity contribution in [3.05, 3.63) is 84.9 Å². The van der Waals surface area contributed by atoms with Crippen LogP contribution in [-0.4, -0.2) is 15.2 Å². The van der Waals surface area contributed by atoms with Crippen LogP contribution in [-0.2, 0) is 23.5 Å². The Bertz CT molecular complexity index is 1360. The quantitative estimate of drug-likeness (QED) is 0.220. The first kappa shape index (κ1) is 21.9. The molecule has 0 saturated carbocycles. The summed E-state index contributed by atoms with van der Waals surface area (Å²) in [5.41, 5.74) is 4.02. The Morgan fingerprint density at radius 1 is 1.16 bits per heavy atom. The number of fused-ring (bicyclic) bond motifs is 3. The lowest BCUT2D eigenvalue weighted by Gasteiger charge is -2.29. The van der Waals surface area contributed by atoms with E-state index in [-0.39, 0.29) is 11.2 Å². The largest absolute Gasteiger partial charge is 0.370 e. The molecule has 0 N–H and O–H groups in total. The first-order valence-electron chi connectivity index (χ1n) is 10.5. The average Bonchev–Trinajstić information content (AvgIpc) is 3.11. The summed E-state index contributed by atoms with van der Waals surface area (Å²) < 4.78 is 8.83. The van der Waals surface area contributed by atoms with Gasteiger partial charge in [0.25, 0.3) is 5.56 Å². The molecular weight excluding hydrogens is 504 g/mol. The second kappa shape index (κ2) is 8.45. The summed E-state index contributed by atoms with van der Waals surface area (Å²) in [5, 5.41) is 1.46. The molecule has 2 aromatic heterocycles. The number of thioether (sulfide) groups is 1. The molecule has 164 valence electrons. The highest BCUT2D eigenvalue weighted by atomic mass is 79.9. The van der Waals surface area contributed by atoms with Gasteiger partial charge in [0.15, 0.2) is 5.16 Å². The van der Waals surface area contributed by atoms with E-state index in [1.165, 1.54) is 5.56 Å². The van der Waals surface area contributed by atoms with Gasteiger partial charge in [-0.3, -0.25) is 9.36 Å². The third-order valence-corrected chi connectivity index (χ3v) is 8.29. The van der Waals surface area contributed by atoms with Gasteiger partial charge in [-0.1, -0.05) is 57.5 Å². The molecule has 4 aromatic rings. The summed E-state index contributed by atoms with van der Waals surface area (Å²) in [6, 6.07) is 16.3. The molecule has 2 aromatic carbocycles. The van der Waals surface area contributed by atoms with Crippen molar-refractivity contribution in [1.82, 2.24) is 9.55 Å². The van der Waals surface area contributed by atoms with Gasteiger partial charge in [0.1, 0.15) is 4.83 Å². The molecule has 5 rings (SSSR count). The normalized spacial score (nSPS) is 15.1. The molecule has 0 bridgehead atoms. The van der Waals surface area contributed by atoms with Crippen molar-refractivity contribution in [1.29, 1.82) is 0 Å². The van der Waals surface area contributed by atoms with Crippen molar-refractivity contribution >= 4 is 49.2 Å². The van der Waals surface area contributed by atoms with E-state index in [0.717, 1.165) is 48.6 Å². The van der Waals surface area contributed by atoms with E-state index in [2.05, 4.69) is 48.8 Å². The van der Waals surface area contributed by atoms with Gasteiger partial charge < -0.3 is 4.74 Å². The van der Waals surface area contributed by atoms with Crippen molar-refractivity contribution in [2.45, 2.75) is 50.3 Å². The van der Waals surface area contributed by atoms with E-state index in [4.69, 9.17) is 9.72 Å². The van der Waals surface area contributed by atoms with E-state index >= 15 is 0 Å². The average molecular weight is 528 g/mol. The summed E-state index contributed by atoms with van der Waals surface area (Å²) in [6.45, 7) is 6.74. The van der Waals surface area contributed by atoms with Crippen LogP contribution in [0.2, 0.25) is 0 Å². The molecule has 0 aliphatic carbocycles. The van der Waals surface area contributed by atoms with E-state index in [1.807, 2.05) is 36.4 Å². The van der Waals surface area contributed by atoms with Gasteiger partial charge in [-0.2, -0.15) is 0 Å². The van der Waals surface area contributed by atoms with Crippen molar-refractivity contribution < 1.29 is 4.74 Å². The highest BCUT2D eigenvalue weighted by molar-refractivity contribution is 9.10. The van der Waals surface area contributed by atoms with Crippen LogP contribution in [0.25, 0.3) is 15.9 Å².